The second kappa shape index (κ2) is 5.98. The maximum absolute atomic E-state index is 13.3. The summed E-state index contributed by atoms with van der Waals surface area (Å²) in [4.78, 5) is 0.0219. The minimum absolute atomic E-state index is 0.0219. The van der Waals surface area contributed by atoms with Gasteiger partial charge >= 0.3 is 0 Å². The van der Waals surface area contributed by atoms with Gasteiger partial charge in [0.05, 0.1) is 40.0 Å². The molecule has 0 aliphatic carbocycles. The first-order valence-electron chi connectivity index (χ1n) is 7.95. The average Bonchev–Trinajstić information content (AvgIpc) is 2.96. The van der Waals surface area contributed by atoms with Crippen LogP contribution in [0.15, 0.2) is 33.6 Å². The molecular weight excluding hydrogens is 468 g/mol. The van der Waals surface area contributed by atoms with Gasteiger partial charge < -0.3 is 5.32 Å². The first-order valence-corrected chi connectivity index (χ1v) is 13.8. The summed E-state index contributed by atoms with van der Waals surface area (Å²) in [6.07, 6.45) is 0. The van der Waals surface area contributed by atoms with Crippen molar-refractivity contribution in [3.8, 4) is 0 Å². The fourth-order valence-electron chi connectivity index (χ4n) is 4.08. The van der Waals surface area contributed by atoms with Crippen LogP contribution >= 0.6 is 15.9 Å². The van der Waals surface area contributed by atoms with E-state index >= 15 is 0 Å². The Morgan fingerprint density at radius 1 is 0.885 bits per heavy atom. The van der Waals surface area contributed by atoms with Crippen LogP contribution in [-0.4, -0.2) is 76.7 Å². The number of fused-ring (bicyclic) bond motifs is 2. The smallest absolute Gasteiger partial charge is 0.243 e. The summed E-state index contributed by atoms with van der Waals surface area (Å²) < 4.78 is 76.9. The van der Waals surface area contributed by atoms with Crippen molar-refractivity contribution in [3.63, 3.8) is 0 Å². The molecule has 12 heteroatoms. The highest BCUT2D eigenvalue weighted by atomic mass is 79.9. The van der Waals surface area contributed by atoms with E-state index in [1.54, 1.807) is 12.1 Å². The summed E-state index contributed by atoms with van der Waals surface area (Å²) in [6.45, 7) is 0. The number of nitrogens with zero attached hydrogens (tertiary/aromatic N) is 1. The average molecular weight is 485 g/mol. The van der Waals surface area contributed by atoms with Crippen molar-refractivity contribution >= 4 is 45.6 Å². The molecule has 0 bridgehead atoms. The van der Waals surface area contributed by atoms with E-state index in [2.05, 4.69) is 21.2 Å². The summed E-state index contributed by atoms with van der Waals surface area (Å²) in [5.41, 5.74) is 0. The van der Waals surface area contributed by atoms with Crippen LogP contribution < -0.4 is 5.32 Å². The zero-order valence-electron chi connectivity index (χ0n) is 13.4. The summed E-state index contributed by atoms with van der Waals surface area (Å²) in [5.74, 6) is -0.978. The molecule has 3 fully saturated rings. The molecule has 144 valence electrons. The van der Waals surface area contributed by atoms with Gasteiger partial charge in [-0.2, -0.15) is 4.31 Å². The number of halogens is 1. The largest absolute Gasteiger partial charge is 0.306 e. The van der Waals surface area contributed by atoms with Crippen molar-refractivity contribution in [3.05, 3.63) is 28.7 Å². The van der Waals surface area contributed by atoms with Crippen molar-refractivity contribution < 1.29 is 25.3 Å². The van der Waals surface area contributed by atoms with Crippen LogP contribution in [0.4, 0.5) is 0 Å². The molecule has 26 heavy (non-hydrogen) atoms. The molecule has 0 radical (unpaired) electrons. The summed E-state index contributed by atoms with van der Waals surface area (Å²) in [6, 6.07) is 3.23. The second-order valence-electron chi connectivity index (χ2n) is 6.96. The fourth-order valence-corrected chi connectivity index (χ4v) is 10.2. The number of sulfone groups is 2. The molecule has 1 aromatic rings. The molecule has 0 spiro atoms. The van der Waals surface area contributed by atoms with E-state index in [9.17, 15) is 25.3 Å². The van der Waals surface area contributed by atoms with Crippen LogP contribution in [0.1, 0.15) is 0 Å². The maximum Gasteiger partial charge on any atom is 0.243 e. The van der Waals surface area contributed by atoms with E-state index in [1.165, 1.54) is 12.1 Å². The van der Waals surface area contributed by atoms with Gasteiger partial charge in [-0.1, -0.05) is 15.9 Å². The third-order valence-electron chi connectivity index (χ3n) is 5.12. The van der Waals surface area contributed by atoms with Crippen molar-refractivity contribution in [2.75, 3.05) is 23.0 Å². The molecule has 3 aliphatic rings. The SMILES string of the molecule is O=S1(=O)C[C@@H]2[C@@H](C1)N[C@H]1CS(=O)(=O)C[C@@H]1N2S(=O)(=O)c1ccc(Br)cc1. The Hall–Kier alpha value is -0.530. The Morgan fingerprint density at radius 3 is 1.81 bits per heavy atom. The number of piperazine rings is 1. The number of sulfonamides is 1. The van der Waals surface area contributed by atoms with Crippen LogP contribution in [0.2, 0.25) is 0 Å². The third kappa shape index (κ3) is 3.14. The first kappa shape index (κ1) is 18.8. The summed E-state index contributed by atoms with van der Waals surface area (Å²) in [7, 11) is -10.8. The lowest BCUT2D eigenvalue weighted by Gasteiger charge is -2.43. The van der Waals surface area contributed by atoms with Gasteiger partial charge in [-0.15, -0.1) is 0 Å². The minimum atomic E-state index is -4.04. The van der Waals surface area contributed by atoms with Crippen molar-refractivity contribution in [1.29, 1.82) is 0 Å². The highest BCUT2D eigenvalue weighted by Gasteiger charge is 2.57. The van der Waals surface area contributed by atoms with Crippen LogP contribution in [0.3, 0.4) is 0 Å². The second-order valence-corrected chi connectivity index (χ2v) is 14.0. The molecule has 1 aromatic carbocycles. The van der Waals surface area contributed by atoms with Gasteiger partial charge in [0.15, 0.2) is 19.7 Å². The number of benzene rings is 1. The lowest BCUT2D eigenvalue weighted by Crippen LogP contribution is -2.67. The highest BCUT2D eigenvalue weighted by Crippen LogP contribution is 2.36. The zero-order chi connectivity index (χ0) is 18.9. The highest BCUT2D eigenvalue weighted by molar-refractivity contribution is 9.10. The number of nitrogens with one attached hydrogen (secondary N) is 1. The summed E-state index contributed by atoms with van der Waals surface area (Å²) >= 11 is 3.25. The van der Waals surface area contributed by atoms with Crippen LogP contribution in [0, 0.1) is 0 Å². The van der Waals surface area contributed by atoms with Crippen LogP contribution in [0.25, 0.3) is 0 Å². The maximum atomic E-state index is 13.3. The minimum Gasteiger partial charge on any atom is -0.306 e. The van der Waals surface area contributed by atoms with Crippen molar-refractivity contribution in [2.45, 2.75) is 29.1 Å². The quantitative estimate of drug-likeness (QED) is 0.593. The van der Waals surface area contributed by atoms with Crippen LogP contribution in [-0.2, 0) is 29.7 Å². The molecule has 3 saturated heterocycles. The Labute approximate surface area is 161 Å². The lowest BCUT2D eigenvalue weighted by atomic mass is 10.0. The Bertz CT molecular complexity index is 1000. The predicted octanol–water partition coefficient (Wildman–Crippen LogP) is -0.626. The number of hydrogen-bond donors (Lipinski definition) is 1. The molecule has 0 amide bonds. The summed E-state index contributed by atoms with van der Waals surface area (Å²) in [5, 5.41) is 3.08. The molecule has 4 atom stereocenters. The molecule has 8 nitrogen and oxygen atoms in total. The Balaban J connectivity index is 1.83. The van der Waals surface area contributed by atoms with E-state index in [0.29, 0.717) is 4.47 Å². The standard InChI is InChI=1S/C14H17BrN2O6S3/c15-9-1-3-10(4-2-9)26(22,23)17-13-7-24(18,19)5-11(13)16-12-6-25(20,21)8-14(12)17/h1-4,11-14,16H,5-8H2/t11-,12+,13-,14+. The van der Waals surface area contributed by atoms with Gasteiger partial charge in [-0.3, -0.25) is 0 Å². The Kier molecular flexibility index (Phi) is 4.33. The molecule has 3 aliphatic heterocycles. The van der Waals surface area contributed by atoms with Gasteiger partial charge in [0.2, 0.25) is 10.0 Å². The Morgan fingerprint density at radius 2 is 1.35 bits per heavy atom. The first-order chi connectivity index (χ1) is 12.0. The van der Waals surface area contributed by atoms with Gasteiger partial charge in [0.1, 0.15) is 0 Å². The molecule has 3 heterocycles. The van der Waals surface area contributed by atoms with Crippen molar-refractivity contribution in [2.24, 2.45) is 0 Å². The topological polar surface area (TPSA) is 118 Å². The molecular formula is C14H17BrN2O6S3. The number of rotatable bonds is 2. The fraction of sp³-hybridized carbons (Fsp3) is 0.571. The third-order valence-corrected chi connectivity index (χ3v) is 11.0. The predicted molar refractivity (Wildman–Crippen MR) is 98.8 cm³/mol. The molecule has 4 rings (SSSR count). The number of hydrogen-bond acceptors (Lipinski definition) is 7. The normalized spacial score (nSPS) is 35.7. The van der Waals surface area contributed by atoms with E-state index < -0.39 is 53.9 Å². The van der Waals surface area contributed by atoms with E-state index in [1.807, 2.05) is 0 Å². The lowest BCUT2D eigenvalue weighted by molar-refractivity contribution is 0.160. The van der Waals surface area contributed by atoms with Gasteiger partial charge in [0, 0.05) is 16.6 Å². The van der Waals surface area contributed by atoms with E-state index in [4.69, 9.17) is 0 Å². The van der Waals surface area contributed by atoms with Crippen LogP contribution in [0.5, 0.6) is 0 Å². The zero-order valence-corrected chi connectivity index (χ0v) is 17.5. The van der Waals surface area contributed by atoms with E-state index in [-0.39, 0.29) is 27.9 Å². The molecule has 0 saturated carbocycles. The van der Waals surface area contributed by atoms with Gasteiger partial charge in [0.25, 0.3) is 0 Å². The van der Waals surface area contributed by atoms with E-state index in [0.717, 1.165) is 4.31 Å². The van der Waals surface area contributed by atoms with Gasteiger partial charge in [-0.05, 0) is 24.3 Å². The molecule has 0 aromatic heterocycles. The van der Waals surface area contributed by atoms with Crippen molar-refractivity contribution in [1.82, 2.24) is 9.62 Å². The molecule has 1 N–H and O–H groups in total. The molecule has 0 unspecified atom stereocenters. The van der Waals surface area contributed by atoms with Gasteiger partial charge in [-0.25, -0.2) is 25.3 Å². The monoisotopic (exact) mass is 484 g/mol.